The molecule has 0 spiro atoms. The zero-order valence-electron chi connectivity index (χ0n) is 16.4. The third-order valence-corrected chi connectivity index (χ3v) is 6.17. The molecule has 1 N–H and O–H groups in total. The lowest BCUT2D eigenvalue weighted by atomic mass is 10.1. The lowest BCUT2D eigenvalue weighted by Crippen LogP contribution is -2.43. The third-order valence-electron chi connectivity index (χ3n) is 5.17. The summed E-state index contributed by atoms with van der Waals surface area (Å²) in [4.78, 5) is 16.2. The van der Waals surface area contributed by atoms with E-state index < -0.39 is 0 Å². The van der Waals surface area contributed by atoms with Crippen molar-refractivity contribution in [3.8, 4) is 0 Å². The Morgan fingerprint density at radius 1 is 0.966 bits per heavy atom. The fourth-order valence-electron chi connectivity index (χ4n) is 3.60. The Balaban J connectivity index is 1.38. The van der Waals surface area contributed by atoms with Crippen LogP contribution in [0.5, 0.6) is 0 Å². The molecule has 0 bridgehead atoms. The Bertz CT molecular complexity index is 942. The topological polar surface area (TPSA) is 41.6 Å². The van der Waals surface area contributed by atoms with Gasteiger partial charge < -0.3 is 10.1 Å². The molecule has 29 heavy (non-hydrogen) atoms. The van der Waals surface area contributed by atoms with Crippen molar-refractivity contribution in [1.29, 1.82) is 0 Å². The van der Waals surface area contributed by atoms with Crippen molar-refractivity contribution in [1.82, 2.24) is 10.2 Å². The number of amides is 1. The molecule has 1 fully saturated rings. The SMILES string of the molecule is O=C(CSc1ccc2ccccc2c1)NC(CN1CCOCC1)c1ccccc1. The molecule has 150 valence electrons. The molecule has 3 aromatic carbocycles. The van der Waals surface area contributed by atoms with Crippen molar-refractivity contribution in [2.45, 2.75) is 10.9 Å². The molecule has 1 aliphatic rings. The second kappa shape index (κ2) is 9.92. The molecule has 4 nitrogen and oxygen atoms in total. The van der Waals surface area contributed by atoms with E-state index in [2.05, 4.69) is 52.7 Å². The van der Waals surface area contributed by atoms with Crippen molar-refractivity contribution in [3.63, 3.8) is 0 Å². The molecule has 1 atom stereocenters. The molecule has 1 heterocycles. The van der Waals surface area contributed by atoms with Gasteiger partial charge in [-0.1, -0.05) is 60.7 Å². The lowest BCUT2D eigenvalue weighted by Gasteiger charge is -2.31. The van der Waals surface area contributed by atoms with Gasteiger partial charge in [0.1, 0.15) is 0 Å². The Labute approximate surface area is 176 Å². The molecule has 0 aromatic heterocycles. The summed E-state index contributed by atoms with van der Waals surface area (Å²) in [7, 11) is 0. The predicted octanol–water partition coefficient (Wildman–Crippen LogP) is 4.12. The summed E-state index contributed by atoms with van der Waals surface area (Å²) in [5.41, 5.74) is 1.14. The van der Waals surface area contributed by atoms with Crippen LogP contribution >= 0.6 is 11.8 Å². The molecule has 3 aromatic rings. The van der Waals surface area contributed by atoms with E-state index in [4.69, 9.17) is 4.74 Å². The van der Waals surface area contributed by atoms with E-state index in [1.54, 1.807) is 11.8 Å². The summed E-state index contributed by atoms with van der Waals surface area (Å²) < 4.78 is 5.45. The monoisotopic (exact) mass is 406 g/mol. The fourth-order valence-corrected chi connectivity index (χ4v) is 4.36. The number of morpholine rings is 1. The Kier molecular flexibility index (Phi) is 6.83. The molecular formula is C24H26N2O2S. The summed E-state index contributed by atoms with van der Waals surface area (Å²) >= 11 is 1.58. The van der Waals surface area contributed by atoms with Gasteiger partial charge in [-0.2, -0.15) is 0 Å². The molecular weight excluding hydrogens is 380 g/mol. The molecule has 0 radical (unpaired) electrons. The lowest BCUT2D eigenvalue weighted by molar-refractivity contribution is -0.119. The normalized spacial score (nSPS) is 15.9. The van der Waals surface area contributed by atoms with Gasteiger partial charge in [-0.3, -0.25) is 9.69 Å². The van der Waals surface area contributed by atoms with Crippen LogP contribution in [0.4, 0.5) is 0 Å². The third kappa shape index (κ3) is 5.60. The molecule has 5 heteroatoms. The summed E-state index contributed by atoms with van der Waals surface area (Å²) in [6.45, 7) is 4.14. The van der Waals surface area contributed by atoms with E-state index in [9.17, 15) is 4.79 Å². The number of fused-ring (bicyclic) bond motifs is 1. The standard InChI is InChI=1S/C24H26N2O2S/c27-24(18-29-22-11-10-19-6-4-5-9-21(19)16-22)25-23(20-7-2-1-3-8-20)17-26-12-14-28-15-13-26/h1-11,16,23H,12-15,17-18H2,(H,25,27). The Morgan fingerprint density at radius 3 is 2.48 bits per heavy atom. The molecule has 1 aliphatic heterocycles. The van der Waals surface area contributed by atoms with Crippen LogP contribution in [0.1, 0.15) is 11.6 Å². The maximum atomic E-state index is 12.7. The van der Waals surface area contributed by atoms with Gasteiger partial charge in [0, 0.05) is 24.5 Å². The number of ether oxygens (including phenoxy) is 1. The molecule has 1 unspecified atom stereocenters. The predicted molar refractivity (Wildman–Crippen MR) is 119 cm³/mol. The molecule has 0 saturated carbocycles. The number of nitrogens with one attached hydrogen (secondary N) is 1. The average Bonchev–Trinajstić information content (AvgIpc) is 2.78. The zero-order chi connectivity index (χ0) is 19.9. The highest BCUT2D eigenvalue weighted by Gasteiger charge is 2.20. The van der Waals surface area contributed by atoms with E-state index in [0.29, 0.717) is 5.75 Å². The summed E-state index contributed by atoms with van der Waals surface area (Å²) in [5, 5.41) is 5.67. The molecule has 1 amide bonds. The number of carbonyl (C=O) groups excluding carboxylic acids is 1. The van der Waals surface area contributed by atoms with E-state index >= 15 is 0 Å². The van der Waals surface area contributed by atoms with Crippen LogP contribution in [0.25, 0.3) is 10.8 Å². The van der Waals surface area contributed by atoms with Crippen LogP contribution in [-0.4, -0.2) is 49.4 Å². The smallest absolute Gasteiger partial charge is 0.230 e. The van der Waals surface area contributed by atoms with Crippen molar-refractivity contribution < 1.29 is 9.53 Å². The first-order valence-corrected chi connectivity index (χ1v) is 11.0. The van der Waals surface area contributed by atoms with Gasteiger partial charge in [-0.15, -0.1) is 11.8 Å². The largest absolute Gasteiger partial charge is 0.379 e. The fraction of sp³-hybridized carbons (Fsp3) is 0.292. The number of rotatable bonds is 7. The van der Waals surface area contributed by atoms with Crippen molar-refractivity contribution >= 4 is 28.4 Å². The number of hydrogen-bond acceptors (Lipinski definition) is 4. The number of nitrogens with zero attached hydrogens (tertiary/aromatic N) is 1. The van der Waals surface area contributed by atoms with Gasteiger partial charge in [0.15, 0.2) is 0 Å². The number of benzene rings is 3. The highest BCUT2D eigenvalue weighted by atomic mass is 32.2. The Morgan fingerprint density at radius 2 is 1.69 bits per heavy atom. The van der Waals surface area contributed by atoms with E-state index in [1.807, 2.05) is 30.3 Å². The van der Waals surface area contributed by atoms with Crippen LogP contribution in [0.3, 0.4) is 0 Å². The minimum atomic E-state index is -0.0148. The van der Waals surface area contributed by atoms with Gasteiger partial charge >= 0.3 is 0 Å². The van der Waals surface area contributed by atoms with Crippen molar-refractivity contribution in [2.75, 3.05) is 38.6 Å². The second-order valence-electron chi connectivity index (χ2n) is 7.24. The van der Waals surface area contributed by atoms with E-state index in [0.717, 1.165) is 43.3 Å². The van der Waals surface area contributed by atoms with Gasteiger partial charge in [0.25, 0.3) is 0 Å². The van der Waals surface area contributed by atoms with E-state index in [-0.39, 0.29) is 11.9 Å². The van der Waals surface area contributed by atoms with E-state index in [1.165, 1.54) is 10.8 Å². The first-order chi connectivity index (χ1) is 14.3. The van der Waals surface area contributed by atoms with Crippen molar-refractivity contribution in [3.05, 3.63) is 78.4 Å². The molecule has 1 saturated heterocycles. The number of thioether (sulfide) groups is 1. The maximum absolute atomic E-state index is 12.7. The molecule has 4 rings (SSSR count). The van der Waals surface area contributed by atoms with Crippen LogP contribution in [0, 0.1) is 0 Å². The summed E-state index contributed by atoms with van der Waals surface area (Å²) in [6.07, 6.45) is 0. The van der Waals surface area contributed by atoms with Crippen LogP contribution < -0.4 is 5.32 Å². The zero-order valence-corrected chi connectivity index (χ0v) is 17.2. The van der Waals surface area contributed by atoms with Crippen molar-refractivity contribution in [2.24, 2.45) is 0 Å². The highest BCUT2D eigenvalue weighted by molar-refractivity contribution is 8.00. The Hall–Kier alpha value is -2.34. The average molecular weight is 407 g/mol. The van der Waals surface area contributed by atoms with Gasteiger partial charge in [-0.25, -0.2) is 0 Å². The second-order valence-corrected chi connectivity index (χ2v) is 8.29. The summed E-state index contributed by atoms with van der Waals surface area (Å²) in [6, 6.07) is 24.9. The van der Waals surface area contributed by atoms with Crippen LogP contribution in [-0.2, 0) is 9.53 Å². The van der Waals surface area contributed by atoms with Crippen LogP contribution in [0.2, 0.25) is 0 Å². The minimum Gasteiger partial charge on any atom is -0.379 e. The summed E-state index contributed by atoms with van der Waals surface area (Å²) in [5.74, 6) is 0.468. The first kappa shape index (κ1) is 20.0. The van der Waals surface area contributed by atoms with Gasteiger partial charge in [0.2, 0.25) is 5.91 Å². The highest BCUT2D eigenvalue weighted by Crippen LogP contribution is 2.24. The van der Waals surface area contributed by atoms with Gasteiger partial charge in [-0.05, 0) is 28.5 Å². The number of hydrogen-bond donors (Lipinski definition) is 1. The number of carbonyl (C=O) groups is 1. The quantitative estimate of drug-likeness (QED) is 0.599. The molecule has 0 aliphatic carbocycles. The minimum absolute atomic E-state index is 0.0148. The first-order valence-electron chi connectivity index (χ1n) is 10.0. The van der Waals surface area contributed by atoms with Crippen LogP contribution in [0.15, 0.2) is 77.7 Å². The van der Waals surface area contributed by atoms with Gasteiger partial charge in [0.05, 0.1) is 25.0 Å². The maximum Gasteiger partial charge on any atom is 0.230 e.